The van der Waals surface area contributed by atoms with Gasteiger partial charge in [0.25, 0.3) is 0 Å². The zero-order valence-corrected chi connectivity index (χ0v) is 12.1. The Morgan fingerprint density at radius 1 is 1.37 bits per heavy atom. The number of carboxylic acid groups (broad SMARTS) is 1. The second-order valence-corrected chi connectivity index (χ2v) is 5.66. The highest BCUT2D eigenvalue weighted by molar-refractivity contribution is 7.09. The SMILES string of the molecule is CC(C)C(C)CNC(=O)NCc1nc(C(=O)O)cs1. The van der Waals surface area contributed by atoms with E-state index >= 15 is 0 Å². The van der Waals surface area contributed by atoms with Crippen molar-refractivity contribution in [2.45, 2.75) is 27.3 Å². The number of hydrogen-bond donors (Lipinski definition) is 3. The first-order chi connectivity index (χ1) is 8.90. The summed E-state index contributed by atoms with van der Waals surface area (Å²) in [5.74, 6) is -0.140. The number of urea groups is 1. The second kappa shape index (κ2) is 7.08. The van der Waals surface area contributed by atoms with Gasteiger partial charge in [0.1, 0.15) is 5.01 Å². The summed E-state index contributed by atoms with van der Waals surface area (Å²) in [6, 6.07) is -0.264. The lowest BCUT2D eigenvalue weighted by Gasteiger charge is -2.16. The number of carboxylic acids is 1. The molecule has 2 amide bonds. The van der Waals surface area contributed by atoms with Crippen LogP contribution in [0.15, 0.2) is 5.38 Å². The number of aromatic carboxylic acids is 1. The largest absolute Gasteiger partial charge is 0.476 e. The van der Waals surface area contributed by atoms with E-state index in [9.17, 15) is 9.59 Å². The van der Waals surface area contributed by atoms with Crippen LogP contribution in [0.1, 0.15) is 36.3 Å². The Labute approximate surface area is 116 Å². The number of nitrogens with zero attached hydrogens (tertiary/aromatic N) is 1. The Hall–Kier alpha value is -1.63. The first-order valence-corrected chi connectivity index (χ1v) is 6.97. The van der Waals surface area contributed by atoms with Gasteiger partial charge in [-0.3, -0.25) is 0 Å². The summed E-state index contributed by atoms with van der Waals surface area (Å²) in [7, 11) is 0. The van der Waals surface area contributed by atoms with Gasteiger partial charge in [-0.1, -0.05) is 20.8 Å². The van der Waals surface area contributed by atoms with E-state index in [1.165, 1.54) is 16.7 Å². The predicted octanol–water partition coefficient (Wildman–Crippen LogP) is 1.93. The molecule has 1 unspecified atom stereocenters. The van der Waals surface area contributed by atoms with Gasteiger partial charge in [-0.25, -0.2) is 14.6 Å². The van der Waals surface area contributed by atoms with E-state index < -0.39 is 5.97 Å². The van der Waals surface area contributed by atoms with Crippen molar-refractivity contribution < 1.29 is 14.7 Å². The van der Waals surface area contributed by atoms with Crippen LogP contribution in [-0.2, 0) is 6.54 Å². The number of carbonyl (C=O) groups excluding carboxylic acids is 1. The Bertz CT molecular complexity index is 445. The first kappa shape index (κ1) is 15.4. The third kappa shape index (κ3) is 5.25. The molecule has 7 heteroatoms. The molecule has 1 atom stereocenters. The minimum atomic E-state index is -1.06. The van der Waals surface area contributed by atoms with Crippen LogP contribution in [0, 0.1) is 11.8 Å². The summed E-state index contributed by atoms with van der Waals surface area (Å²) < 4.78 is 0. The van der Waals surface area contributed by atoms with Crippen molar-refractivity contribution in [1.82, 2.24) is 15.6 Å². The maximum Gasteiger partial charge on any atom is 0.355 e. The van der Waals surface area contributed by atoms with Gasteiger partial charge in [0.05, 0.1) is 6.54 Å². The molecule has 3 N–H and O–H groups in total. The zero-order chi connectivity index (χ0) is 14.4. The molecule has 106 valence electrons. The summed E-state index contributed by atoms with van der Waals surface area (Å²) in [6.07, 6.45) is 0. The molecule has 0 spiro atoms. The molecule has 1 heterocycles. The Morgan fingerprint density at radius 3 is 2.58 bits per heavy atom. The molecular formula is C12H19N3O3S. The average molecular weight is 285 g/mol. The fraction of sp³-hybridized carbons (Fsp3) is 0.583. The van der Waals surface area contributed by atoms with Crippen molar-refractivity contribution in [2.75, 3.05) is 6.54 Å². The average Bonchev–Trinajstić information content (AvgIpc) is 2.82. The monoisotopic (exact) mass is 285 g/mol. The molecule has 19 heavy (non-hydrogen) atoms. The van der Waals surface area contributed by atoms with E-state index in [-0.39, 0.29) is 18.3 Å². The summed E-state index contributed by atoms with van der Waals surface area (Å²) in [5, 5.41) is 16.2. The van der Waals surface area contributed by atoms with Crippen LogP contribution in [0.25, 0.3) is 0 Å². The van der Waals surface area contributed by atoms with Gasteiger partial charge in [-0.2, -0.15) is 0 Å². The Morgan fingerprint density at radius 2 is 2.05 bits per heavy atom. The van der Waals surface area contributed by atoms with Gasteiger partial charge < -0.3 is 15.7 Å². The summed E-state index contributed by atoms with van der Waals surface area (Å²) in [5.41, 5.74) is 0.00985. The Kier molecular flexibility index (Phi) is 5.75. The highest BCUT2D eigenvalue weighted by Gasteiger charge is 2.11. The van der Waals surface area contributed by atoms with Gasteiger partial charge in [-0.05, 0) is 11.8 Å². The smallest absolute Gasteiger partial charge is 0.355 e. The van der Waals surface area contributed by atoms with E-state index in [2.05, 4.69) is 36.4 Å². The van der Waals surface area contributed by atoms with Crippen LogP contribution < -0.4 is 10.6 Å². The number of thiazole rings is 1. The lowest BCUT2D eigenvalue weighted by Crippen LogP contribution is -2.38. The first-order valence-electron chi connectivity index (χ1n) is 6.09. The van der Waals surface area contributed by atoms with E-state index in [1.54, 1.807) is 0 Å². The topological polar surface area (TPSA) is 91.3 Å². The third-order valence-electron chi connectivity index (χ3n) is 2.89. The molecule has 0 aliphatic heterocycles. The maximum absolute atomic E-state index is 11.5. The lowest BCUT2D eigenvalue weighted by molar-refractivity contribution is 0.0691. The maximum atomic E-state index is 11.5. The molecule has 1 aromatic rings. The molecule has 0 aliphatic carbocycles. The molecule has 6 nitrogen and oxygen atoms in total. The molecule has 0 bridgehead atoms. The number of nitrogens with one attached hydrogen (secondary N) is 2. The standard InChI is InChI=1S/C12H19N3O3S/c1-7(2)8(3)4-13-12(18)14-5-10-15-9(6-19-10)11(16)17/h6-8H,4-5H2,1-3H3,(H,16,17)(H2,13,14,18). The zero-order valence-electron chi connectivity index (χ0n) is 11.3. The summed E-state index contributed by atoms with van der Waals surface area (Å²) in [4.78, 5) is 26.0. The molecule has 0 saturated carbocycles. The molecule has 1 aromatic heterocycles. The van der Waals surface area contributed by atoms with Crippen LogP contribution in [0.4, 0.5) is 4.79 Å². The summed E-state index contributed by atoms with van der Waals surface area (Å²) in [6.45, 7) is 7.13. The number of hydrogen-bond acceptors (Lipinski definition) is 4. The predicted molar refractivity (Wildman–Crippen MR) is 73.3 cm³/mol. The molecule has 0 aliphatic rings. The lowest BCUT2D eigenvalue weighted by atomic mass is 9.98. The second-order valence-electron chi connectivity index (χ2n) is 4.72. The molecule has 0 saturated heterocycles. The molecule has 1 rings (SSSR count). The number of rotatable bonds is 6. The highest BCUT2D eigenvalue weighted by Crippen LogP contribution is 2.09. The van der Waals surface area contributed by atoms with Gasteiger partial charge >= 0.3 is 12.0 Å². The van der Waals surface area contributed by atoms with E-state index in [4.69, 9.17) is 5.11 Å². The van der Waals surface area contributed by atoms with Crippen molar-refractivity contribution in [3.05, 3.63) is 16.1 Å². The number of carbonyl (C=O) groups is 2. The third-order valence-corrected chi connectivity index (χ3v) is 3.74. The summed E-state index contributed by atoms with van der Waals surface area (Å²) >= 11 is 1.21. The van der Waals surface area contributed by atoms with Crippen molar-refractivity contribution in [2.24, 2.45) is 11.8 Å². The van der Waals surface area contributed by atoms with Crippen LogP contribution in [0.2, 0.25) is 0 Å². The van der Waals surface area contributed by atoms with E-state index in [0.717, 1.165) is 0 Å². The van der Waals surface area contributed by atoms with Crippen LogP contribution in [0.3, 0.4) is 0 Å². The van der Waals surface area contributed by atoms with Crippen molar-refractivity contribution in [1.29, 1.82) is 0 Å². The fourth-order valence-corrected chi connectivity index (χ4v) is 1.91. The van der Waals surface area contributed by atoms with Gasteiger partial charge in [-0.15, -0.1) is 11.3 Å². The highest BCUT2D eigenvalue weighted by atomic mass is 32.1. The number of aromatic nitrogens is 1. The van der Waals surface area contributed by atoms with E-state index in [1.807, 2.05) is 0 Å². The van der Waals surface area contributed by atoms with Gasteiger partial charge in [0.2, 0.25) is 0 Å². The van der Waals surface area contributed by atoms with E-state index in [0.29, 0.717) is 23.4 Å². The fourth-order valence-electron chi connectivity index (χ4n) is 1.20. The molecule has 0 radical (unpaired) electrons. The number of amides is 2. The van der Waals surface area contributed by atoms with Crippen LogP contribution in [-0.4, -0.2) is 28.6 Å². The van der Waals surface area contributed by atoms with Crippen molar-refractivity contribution >= 4 is 23.3 Å². The Balaban J connectivity index is 2.31. The minimum Gasteiger partial charge on any atom is -0.476 e. The van der Waals surface area contributed by atoms with Gasteiger partial charge in [0, 0.05) is 11.9 Å². The van der Waals surface area contributed by atoms with Crippen LogP contribution >= 0.6 is 11.3 Å². The minimum absolute atomic E-state index is 0.00985. The quantitative estimate of drug-likeness (QED) is 0.744. The van der Waals surface area contributed by atoms with Gasteiger partial charge in [0.15, 0.2) is 5.69 Å². The normalized spacial score (nSPS) is 12.2. The van der Waals surface area contributed by atoms with Crippen LogP contribution in [0.5, 0.6) is 0 Å². The molecule has 0 fully saturated rings. The molecule has 0 aromatic carbocycles. The molecular weight excluding hydrogens is 266 g/mol. The van der Waals surface area contributed by atoms with Crippen molar-refractivity contribution in [3.63, 3.8) is 0 Å². The van der Waals surface area contributed by atoms with Crippen molar-refractivity contribution in [3.8, 4) is 0 Å².